The second kappa shape index (κ2) is 4.62. The minimum absolute atomic E-state index is 0.526. The number of hydrogen-bond donors (Lipinski definition) is 1. The number of nitrogens with zero attached hydrogens (tertiary/aromatic N) is 1. The van der Waals surface area contributed by atoms with Crippen LogP contribution < -0.4 is 0 Å². The fourth-order valence-electron chi connectivity index (χ4n) is 3.23. The van der Waals surface area contributed by atoms with E-state index < -0.39 is 5.60 Å². The molecule has 2 fully saturated rings. The van der Waals surface area contributed by atoms with Gasteiger partial charge in [0.2, 0.25) is 0 Å². The normalized spacial score (nSPS) is 32.9. The number of rotatable bonds is 3. The second-order valence-corrected chi connectivity index (χ2v) is 6.90. The predicted molar refractivity (Wildman–Crippen MR) is 76.6 cm³/mol. The molecule has 1 aliphatic carbocycles. The zero-order valence-electron chi connectivity index (χ0n) is 10.8. The first-order chi connectivity index (χ1) is 8.56. The predicted octanol–water partition coefficient (Wildman–Crippen LogP) is 2.98. The van der Waals surface area contributed by atoms with Crippen LogP contribution in [0.15, 0.2) is 28.7 Å². The Morgan fingerprint density at radius 3 is 2.61 bits per heavy atom. The molecule has 2 aliphatic rings. The Bertz CT molecular complexity index is 429. The van der Waals surface area contributed by atoms with Crippen LogP contribution in [0.25, 0.3) is 0 Å². The fourth-order valence-corrected chi connectivity index (χ4v) is 3.50. The quantitative estimate of drug-likeness (QED) is 0.928. The van der Waals surface area contributed by atoms with Gasteiger partial charge in [0, 0.05) is 29.5 Å². The number of halogens is 1. The first-order valence-corrected chi connectivity index (χ1v) is 7.58. The van der Waals surface area contributed by atoms with Gasteiger partial charge in [-0.05, 0) is 43.9 Å². The minimum atomic E-state index is -0.532. The molecule has 0 radical (unpaired) electrons. The average molecular weight is 310 g/mol. The molecule has 0 amide bonds. The molecule has 1 saturated carbocycles. The summed E-state index contributed by atoms with van der Waals surface area (Å²) in [5.74, 6) is 0. The number of β-amino-alcohol motifs (C(OH)–C–C–N with tert-alkyl or cyclic N) is 1. The average Bonchev–Trinajstić information content (AvgIpc) is 3.09. The summed E-state index contributed by atoms with van der Waals surface area (Å²) in [4.78, 5) is 2.50. The maximum absolute atomic E-state index is 10.8. The molecule has 2 unspecified atom stereocenters. The van der Waals surface area contributed by atoms with E-state index >= 15 is 0 Å². The summed E-state index contributed by atoms with van der Waals surface area (Å²) >= 11 is 3.45. The van der Waals surface area contributed by atoms with Crippen molar-refractivity contribution in [2.45, 2.75) is 50.3 Å². The molecule has 1 aromatic carbocycles. The van der Waals surface area contributed by atoms with Gasteiger partial charge in [-0.25, -0.2) is 0 Å². The monoisotopic (exact) mass is 309 g/mol. The van der Waals surface area contributed by atoms with Gasteiger partial charge in [0.1, 0.15) is 0 Å². The first-order valence-electron chi connectivity index (χ1n) is 6.78. The van der Waals surface area contributed by atoms with E-state index in [9.17, 15) is 5.11 Å². The maximum atomic E-state index is 10.8. The van der Waals surface area contributed by atoms with Crippen LogP contribution in [0.5, 0.6) is 0 Å². The molecule has 1 heterocycles. The summed E-state index contributed by atoms with van der Waals surface area (Å²) < 4.78 is 1.10. The van der Waals surface area contributed by atoms with Crippen molar-refractivity contribution < 1.29 is 5.11 Å². The van der Waals surface area contributed by atoms with E-state index in [2.05, 4.69) is 52.0 Å². The minimum Gasteiger partial charge on any atom is -0.388 e. The highest BCUT2D eigenvalue weighted by Crippen LogP contribution is 2.38. The smallest absolute Gasteiger partial charge is 0.0829 e. The van der Waals surface area contributed by atoms with Gasteiger partial charge in [0.05, 0.1) is 5.60 Å². The highest BCUT2D eigenvalue weighted by molar-refractivity contribution is 9.10. The van der Waals surface area contributed by atoms with Gasteiger partial charge in [0.15, 0.2) is 0 Å². The van der Waals surface area contributed by atoms with E-state index in [1.54, 1.807) is 0 Å². The van der Waals surface area contributed by atoms with Crippen molar-refractivity contribution in [3.63, 3.8) is 0 Å². The van der Waals surface area contributed by atoms with Crippen molar-refractivity contribution in [3.05, 3.63) is 34.3 Å². The Balaban J connectivity index is 1.70. The topological polar surface area (TPSA) is 23.5 Å². The van der Waals surface area contributed by atoms with Gasteiger partial charge < -0.3 is 5.11 Å². The Kier molecular flexibility index (Phi) is 3.25. The van der Waals surface area contributed by atoms with Crippen LogP contribution >= 0.6 is 15.9 Å². The molecule has 1 N–H and O–H groups in total. The van der Waals surface area contributed by atoms with Gasteiger partial charge >= 0.3 is 0 Å². The third-order valence-corrected chi connectivity index (χ3v) is 4.71. The van der Waals surface area contributed by atoms with Gasteiger partial charge in [-0.15, -0.1) is 0 Å². The summed E-state index contributed by atoms with van der Waals surface area (Å²) in [7, 11) is 0. The molecular formula is C15H20BrNO. The molecule has 3 heteroatoms. The number of benzene rings is 1. The largest absolute Gasteiger partial charge is 0.388 e. The van der Waals surface area contributed by atoms with E-state index in [-0.39, 0.29) is 0 Å². The Labute approximate surface area is 117 Å². The molecule has 3 rings (SSSR count). The summed E-state index contributed by atoms with van der Waals surface area (Å²) in [6.45, 7) is 3.09. The molecule has 1 saturated heterocycles. The maximum Gasteiger partial charge on any atom is 0.0829 e. The molecule has 0 bridgehead atoms. The van der Waals surface area contributed by atoms with Gasteiger partial charge in [-0.2, -0.15) is 0 Å². The zero-order valence-corrected chi connectivity index (χ0v) is 12.4. The Morgan fingerprint density at radius 1 is 1.33 bits per heavy atom. The number of aliphatic hydroxyl groups is 1. The highest BCUT2D eigenvalue weighted by atomic mass is 79.9. The van der Waals surface area contributed by atoms with Gasteiger partial charge in [-0.1, -0.05) is 28.1 Å². The molecule has 1 aromatic rings. The van der Waals surface area contributed by atoms with Crippen LogP contribution in [-0.4, -0.2) is 34.2 Å². The van der Waals surface area contributed by atoms with Crippen LogP contribution in [0, 0.1) is 0 Å². The van der Waals surface area contributed by atoms with Gasteiger partial charge in [-0.3, -0.25) is 4.90 Å². The summed E-state index contributed by atoms with van der Waals surface area (Å²) in [6.07, 6.45) is 4.31. The van der Waals surface area contributed by atoms with E-state index in [0.717, 1.165) is 29.9 Å². The van der Waals surface area contributed by atoms with E-state index in [4.69, 9.17) is 0 Å². The van der Waals surface area contributed by atoms with Crippen molar-refractivity contribution in [2.75, 3.05) is 6.54 Å². The lowest BCUT2D eigenvalue weighted by molar-refractivity contribution is 0.0487. The molecule has 18 heavy (non-hydrogen) atoms. The molecule has 2 nitrogen and oxygen atoms in total. The van der Waals surface area contributed by atoms with Crippen molar-refractivity contribution in [1.82, 2.24) is 4.90 Å². The van der Waals surface area contributed by atoms with Crippen molar-refractivity contribution in [2.24, 2.45) is 0 Å². The lowest BCUT2D eigenvalue weighted by Crippen LogP contribution is -2.36. The van der Waals surface area contributed by atoms with Crippen LogP contribution in [0.1, 0.15) is 31.7 Å². The van der Waals surface area contributed by atoms with Crippen molar-refractivity contribution in [3.8, 4) is 0 Å². The summed E-state index contributed by atoms with van der Waals surface area (Å²) in [5, 5.41) is 10.8. The molecule has 98 valence electrons. The van der Waals surface area contributed by atoms with E-state index in [0.29, 0.717) is 6.04 Å². The van der Waals surface area contributed by atoms with Gasteiger partial charge in [0.25, 0.3) is 0 Å². The summed E-state index contributed by atoms with van der Waals surface area (Å²) in [6, 6.07) is 9.58. The number of hydrogen-bond acceptors (Lipinski definition) is 2. The second-order valence-electron chi connectivity index (χ2n) is 5.98. The Morgan fingerprint density at radius 2 is 2.00 bits per heavy atom. The van der Waals surface area contributed by atoms with Crippen LogP contribution in [0.4, 0.5) is 0 Å². The molecule has 2 atom stereocenters. The Hall–Kier alpha value is -0.380. The van der Waals surface area contributed by atoms with Crippen molar-refractivity contribution >= 4 is 15.9 Å². The number of likely N-dealkylation sites (tertiary alicyclic amines) is 1. The van der Waals surface area contributed by atoms with Crippen LogP contribution in [0.2, 0.25) is 0 Å². The van der Waals surface area contributed by atoms with Crippen LogP contribution in [-0.2, 0) is 6.42 Å². The van der Waals surface area contributed by atoms with E-state index in [1.165, 1.54) is 18.4 Å². The molecule has 0 aromatic heterocycles. The standard InChI is InChI=1S/C15H20BrNO/c1-11-8-15(18,10-17(11)14-6-7-14)9-12-2-4-13(16)5-3-12/h2-5,11,14,18H,6-10H2,1H3. The van der Waals surface area contributed by atoms with E-state index in [1.807, 2.05) is 0 Å². The lowest BCUT2D eigenvalue weighted by Gasteiger charge is -2.23. The fraction of sp³-hybridized carbons (Fsp3) is 0.600. The SMILES string of the molecule is CC1CC(O)(Cc2ccc(Br)cc2)CN1C1CC1. The first kappa shape index (κ1) is 12.6. The van der Waals surface area contributed by atoms with Crippen molar-refractivity contribution in [1.29, 1.82) is 0 Å². The third-order valence-electron chi connectivity index (χ3n) is 4.18. The lowest BCUT2D eigenvalue weighted by atomic mass is 9.92. The molecular weight excluding hydrogens is 290 g/mol. The zero-order chi connectivity index (χ0) is 12.8. The third kappa shape index (κ3) is 2.63. The van der Waals surface area contributed by atoms with Crippen LogP contribution in [0.3, 0.4) is 0 Å². The molecule has 0 spiro atoms. The summed E-state index contributed by atoms with van der Waals surface area (Å²) in [5.41, 5.74) is 0.695. The highest BCUT2D eigenvalue weighted by Gasteiger charge is 2.45. The molecule has 1 aliphatic heterocycles.